The van der Waals surface area contributed by atoms with Crippen LogP contribution in [-0.2, 0) is 11.3 Å². The van der Waals surface area contributed by atoms with Gasteiger partial charge in [-0.2, -0.15) is 0 Å². The van der Waals surface area contributed by atoms with Gasteiger partial charge in [0, 0.05) is 19.8 Å². The molecule has 1 aromatic carbocycles. The highest BCUT2D eigenvalue weighted by Gasteiger charge is 2.17. The number of ether oxygens (including phenoxy) is 1. The van der Waals surface area contributed by atoms with Crippen LogP contribution in [0.4, 0.5) is 0 Å². The molecule has 1 fully saturated rings. The van der Waals surface area contributed by atoms with E-state index in [0.29, 0.717) is 10.9 Å². The maximum Gasteiger partial charge on any atom is 0.326 e. The fraction of sp³-hybridized carbons (Fsp3) is 0.462. The quantitative estimate of drug-likeness (QED) is 0.907. The van der Waals surface area contributed by atoms with Crippen molar-refractivity contribution < 1.29 is 4.74 Å². The van der Waals surface area contributed by atoms with Crippen molar-refractivity contribution in [3.63, 3.8) is 0 Å². The van der Waals surface area contributed by atoms with Gasteiger partial charge in [-0.3, -0.25) is 4.57 Å². The number of nitrogens with one attached hydrogen (secondary N) is 1. The van der Waals surface area contributed by atoms with Gasteiger partial charge in [0.05, 0.1) is 16.1 Å². The van der Waals surface area contributed by atoms with Gasteiger partial charge in [-0.05, 0) is 30.9 Å². The molecular formula is C13H15ClN2O2. The van der Waals surface area contributed by atoms with Crippen molar-refractivity contribution in [1.82, 2.24) is 9.55 Å². The third kappa shape index (κ3) is 2.06. The summed E-state index contributed by atoms with van der Waals surface area (Å²) >= 11 is 6.08. The molecule has 96 valence electrons. The lowest BCUT2D eigenvalue weighted by Gasteiger charge is -2.22. The van der Waals surface area contributed by atoms with E-state index in [-0.39, 0.29) is 5.69 Å². The molecule has 0 saturated carbocycles. The number of fused-ring (bicyclic) bond motifs is 1. The molecule has 1 saturated heterocycles. The molecule has 2 aromatic rings. The molecule has 0 atom stereocenters. The summed E-state index contributed by atoms with van der Waals surface area (Å²) in [6.45, 7) is 2.33. The predicted octanol–water partition coefficient (Wildman–Crippen LogP) is 2.41. The van der Waals surface area contributed by atoms with Gasteiger partial charge in [-0.1, -0.05) is 17.7 Å². The van der Waals surface area contributed by atoms with Crippen LogP contribution in [0.1, 0.15) is 12.8 Å². The molecule has 0 radical (unpaired) electrons. The fourth-order valence-corrected chi connectivity index (χ4v) is 2.73. The Morgan fingerprint density at radius 3 is 2.94 bits per heavy atom. The highest BCUT2D eigenvalue weighted by molar-refractivity contribution is 6.34. The van der Waals surface area contributed by atoms with Gasteiger partial charge < -0.3 is 9.72 Å². The van der Waals surface area contributed by atoms with Gasteiger partial charge in [0.25, 0.3) is 0 Å². The first-order chi connectivity index (χ1) is 8.75. The molecule has 4 nitrogen and oxygen atoms in total. The van der Waals surface area contributed by atoms with E-state index in [2.05, 4.69) is 4.98 Å². The Morgan fingerprint density at radius 2 is 2.17 bits per heavy atom. The Balaban J connectivity index is 1.98. The molecule has 1 aromatic heterocycles. The molecular weight excluding hydrogens is 252 g/mol. The average Bonchev–Trinajstić information content (AvgIpc) is 2.70. The van der Waals surface area contributed by atoms with Crippen LogP contribution in [0.5, 0.6) is 0 Å². The van der Waals surface area contributed by atoms with Gasteiger partial charge in [0.15, 0.2) is 0 Å². The minimum atomic E-state index is -0.0791. The molecule has 0 aliphatic carbocycles. The number of H-pyrrole nitrogens is 1. The Kier molecular flexibility index (Phi) is 3.14. The largest absolute Gasteiger partial charge is 0.381 e. The molecule has 1 aliphatic rings. The number of imidazole rings is 1. The third-order valence-electron chi connectivity index (χ3n) is 3.54. The lowest BCUT2D eigenvalue weighted by Crippen LogP contribution is -2.25. The summed E-state index contributed by atoms with van der Waals surface area (Å²) in [5, 5.41) is 0.593. The van der Waals surface area contributed by atoms with Crippen LogP contribution in [0.2, 0.25) is 5.02 Å². The molecule has 3 rings (SSSR count). The average molecular weight is 267 g/mol. The van der Waals surface area contributed by atoms with Crippen molar-refractivity contribution in [3.05, 3.63) is 33.7 Å². The lowest BCUT2D eigenvalue weighted by molar-refractivity contribution is 0.0613. The number of hydrogen-bond acceptors (Lipinski definition) is 2. The van der Waals surface area contributed by atoms with E-state index < -0.39 is 0 Å². The molecule has 2 heterocycles. The number of para-hydroxylation sites is 1. The van der Waals surface area contributed by atoms with E-state index in [1.54, 1.807) is 10.6 Å². The molecule has 0 amide bonds. The highest BCUT2D eigenvalue weighted by Crippen LogP contribution is 2.22. The lowest BCUT2D eigenvalue weighted by atomic mass is 10.0. The topological polar surface area (TPSA) is 47.0 Å². The van der Waals surface area contributed by atoms with Crippen molar-refractivity contribution in [1.29, 1.82) is 0 Å². The number of rotatable bonds is 2. The first kappa shape index (κ1) is 11.8. The van der Waals surface area contributed by atoms with Crippen molar-refractivity contribution in [2.45, 2.75) is 19.4 Å². The number of nitrogens with zero attached hydrogens (tertiary/aromatic N) is 1. The van der Waals surface area contributed by atoms with Crippen LogP contribution >= 0.6 is 11.6 Å². The Bertz CT molecular complexity index is 611. The SMILES string of the molecule is O=c1[nH]c2c(Cl)cccc2n1CC1CCOCC1. The summed E-state index contributed by atoms with van der Waals surface area (Å²) in [5.41, 5.74) is 1.54. The Morgan fingerprint density at radius 1 is 1.39 bits per heavy atom. The van der Waals surface area contributed by atoms with Crippen molar-refractivity contribution in [2.75, 3.05) is 13.2 Å². The molecule has 0 bridgehead atoms. The summed E-state index contributed by atoms with van der Waals surface area (Å²) in [6, 6.07) is 5.59. The summed E-state index contributed by atoms with van der Waals surface area (Å²) in [7, 11) is 0. The molecule has 5 heteroatoms. The summed E-state index contributed by atoms with van der Waals surface area (Å²) in [5.74, 6) is 0.509. The van der Waals surface area contributed by atoms with Crippen LogP contribution in [0.25, 0.3) is 11.0 Å². The first-order valence-electron chi connectivity index (χ1n) is 6.20. The zero-order valence-corrected chi connectivity index (χ0v) is 10.7. The maximum absolute atomic E-state index is 12.0. The van der Waals surface area contributed by atoms with E-state index in [0.717, 1.165) is 43.6 Å². The van der Waals surface area contributed by atoms with Gasteiger partial charge in [-0.15, -0.1) is 0 Å². The number of aromatic nitrogens is 2. The minimum Gasteiger partial charge on any atom is -0.381 e. The van der Waals surface area contributed by atoms with Crippen molar-refractivity contribution in [3.8, 4) is 0 Å². The normalized spacial score (nSPS) is 17.4. The number of aromatic amines is 1. The second-order valence-electron chi connectivity index (χ2n) is 4.73. The predicted molar refractivity (Wildman–Crippen MR) is 71.1 cm³/mol. The van der Waals surface area contributed by atoms with E-state index in [1.165, 1.54) is 0 Å². The fourth-order valence-electron chi connectivity index (χ4n) is 2.51. The Hall–Kier alpha value is -1.26. The van der Waals surface area contributed by atoms with E-state index >= 15 is 0 Å². The van der Waals surface area contributed by atoms with E-state index in [9.17, 15) is 4.79 Å². The first-order valence-corrected chi connectivity index (χ1v) is 6.58. The van der Waals surface area contributed by atoms with Gasteiger partial charge in [0.2, 0.25) is 0 Å². The zero-order valence-electron chi connectivity index (χ0n) is 9.99. The summed E-state index contributed by atoms with van der Waals surface area (Å²) < 4.78 is 7.13. The highest BCUT2D eigenvalue weighted by atomic mass is 35.5. The molecule has 1 aliphatic heterocycles. The minimum absolute atomic E-state index is 0.0791. The smallest absolute Gasteiger partial charge is 0.326 e. The van der Waals surface area contributed by atoms with Crippen LogP contribution in [0.15, 0.2) is 23.0 Å². The summed E-state index contributed by atoms with van der Waals surface area (Å²) in [6.07, 6.45) is 2.03. The van der Waals surface area contributed by atoms with Gasteiger partial charge >= 0.3 is 5.69 Å². The monoisotopic (exact) mass is 266 g/mol. The molecule has 0 spiro atoms. The van der Waals surface area contributed by atoms with Gasteiger partial charge in [0.1, 0.15) is 0 Å². The van der Waals surface area contributed by atoms with Crippen LogP contribution < -0.4 is 5.69 Å². The van der Waals surface area contributed by atoms with Crippen molar-refractivity contribution >= 4 is 22.6 Å². The zero-order chi connectivity index (χ0) is 12.5. The maximum atomic E-state index is 12.0. The second-order valence-corrected chi connectivity index (χ2v) is 5.14. The van der Waals surface area contributed by atoms with Crippen LogP contribution in [-0.4, -0.2) is 22.8 Å². The van der Waals surface area contributed by atoms with E-state index in [1.807, 2.05) is 12.1 Å². The number of halogens is 1. The number of hydrogen-bond donors (Lipinski definition) is 1. The molecule has 1 N–H and O–H groups in total. The molecule has 18 heavy (non-hydrogen) atoms. The van der Waals surface area contributed by atoms with E-state index in [4.69, 9.17) is 16.3 Å². The summed E-state index contributed by atoms with van der Waals surface area (Å²) in [4.78, 5) is 14.8. The third-order valence-corrected chi connectivity index (χ3v) is 3.86. The van der Waals surface area contributed by atoms with Crippen LogP contribution in [0, 0.1) is 5.92 Å². The van der Waals surface area contributed by atoms with Crippen LogP contribution in [0.3, 0.4) is 0 Å². The number of benzene rings is 1. The van der Waals surface area contributed by atoms with Gasteiger partial charge in [-0.25, -0.2) is 4.79 Å². The molecule has 0 unspecified atom stereocenters. The second kappa shape index (κ2) is 4.78. The standard InChI is InChI=1S/C13H15ClN2O2/c14-10-2-1-3-11-12(10)15-13(17)16(11)8-9-4-6-18-7-5-9/h1-3,9H,4-8H2,(H,15,17). The van der Waals surface area contributed by atoms with Crippen molar-refractivity contribution in [2.24, 2.45) is 5.92 Å². The Labute approximate surface area is 110 Å².